The lowest BCUT2D eigenvalue weighted by Crippen LogP contribution is -2.31. The van der Waals surface area contributed by atoms with Crippen LogP contribution < -0.4 is 0 Å². The summed E-state index contributed by atoms with van der Waals surface area (Å²) in [6, 6.07) is 6.87. The van der Waals surface area contributed by atoms with E-state index < -0.39 is 15.1 Å². The Labute approximate surface area is 120 Å². The first-order valence-electron chi connectivity index (χ1n) is 7.07. The third-order valence-corrected chi connectivity index (χ3v) is 6.06. The van der Waals surface area contributed by atoms with Gasteiger partial charge in [0.05, 0.1) is 10.6 Å². The SMILES string of the molecule is Cc1ccc(S(=O)(=O)[C@@H]2CCCCCC/C2=N/O)cc1. The van der Waals surface area contributed by atoms with Crippen LogP contribution >= 0.6 is 0 Å². The number of hydrogen-bond donors (Lipinski definition) is 1. The molecule has 0 spiro atoms. The molecule has 1 atom stereocenters. The molecule has 0 saturated heterocycles. The Morgan fingerprint density at radius 1 is 1.10 bits per heavy atom. The van der Waals surface area contributed by atoms with Gasteiger partial charge in [-0.05, 0) is 38.3 Å². The number of nitrogens with zero attached hydrogens (tertiary/aromatic N) is 1. The van der Waals surface area contributed by atoms with Crippen LogP contribution in [0, 0.1) is 6.92 Å². The van der Waals surface area contributed by atoms with Crippen molar-refractivity contribution in [3.05, 3.63) is 29.8 Å². The molecule has 1 saturated carbocycles. The molecule has 20 heavy (non-hydrogen) atoms. The van der Waals surface area contributed by atoms with Gasteiger partial charge in [-0.15, -0.1) is 0 Å². The van der Waals surface area contributed by atoms with Crippen LogP contribution in [0.3, 0.4) is 0 Å². The second-order valence-corrected chi connectivity index (χ2v) is 7.52. The van der Waals surface area contributed by atoms with Crippen molar-refractivity contribution in [2.24, 2.45) is 5.16 Å². The van der Waals surface area contributed by atoms with E-state index in [2.05, 4.69) is 5.16 Å². The summed E-state index contributed by atoms with van der Waals surface area (Å²) < 4.78 is 25.5. The molecule has 0 unspecified atom stereocenters. The largest absolute Gasteiger partial charge is 0.411 e. The van der Waals surface area contributed by atoms with Crippen molar-refractivity contribution in [3.63, 3.8) is 0 Å². The molecule has 2 rings (SSSR count). The van der Waals surface area contributed by atoms with E-state index in [1.165, 1.54) is 0 Å². The lowest BCUT2D eigenvalue weighted by molar-refractivity contribution is 0.315. The molecule has 0 aliphatic heterocycles. The Hall–Kier alpha value is -1.36. The summed E-state index contributed by atoms with van der Waals surface area (Å²) in [7, 11) is -3.47. The highest BCUT2D eigenvalue weighted by atomic mass is 32.2. The Morgan fingerprint density at radius 3 is 2.40 bits per heavy atom. The van der Waals surface area contributed by atoms with E-state index in [1.807, 2.05) is 6.92 Å². The Bertz CT molecular complexity index is 576. The number of aryl methyl sites for hydroxylation is 1. The molecular weight excluding hydrogens is 274 g/mol. The van der Waals surface area contributed by atoms with Crippen LogP contribution in [0.4, 0.5) is 0 Å². The van der Waals surface area contributed by atoms with Gasteiger partial charge in [-0.3, -0.25) is 0 Å². The van der Waals surface area contributed by atoms with Gasteiger partial charge in [0.1, 0.15) is 5.25 Å². The van der Waals surface area contributed by atoms with Crippen molar-refractivity contribution in [1.29, 1.82) is 0 Å². The first kappa shape index (κ1) is 15.0. The topological polar surface area (TPSA) is 66.7 Å². The van der Waals surface area contributed by atoms with Crippen LogP contribution in [0.2, 0.25) is 0 Å². The molecule has 0 radical (unpaired) electrons. The van der Waals surface area contributed by atoms with E-state index in [9.17, 15) is 8.42 Å². The van der Waals surface area contributed by atoms with Gasteiger partial charge >= 0.3 is 0 Å². The number of rotatable bonds is 2. The van der Waals surface area contributed by atoms with Gasteiger partial charge in [0.25, 0.3) is 0 Å². The highest BCUT2D eigenvalue weighted by Gasteiger charge is 2.32. The third kappa shape index (κ3) is 3.20. The minimum atomic E-state index is -3.47. The van der Waals surface area contributed by atoms with Crippen LogP contribution in [0.1, 0.15) is 44.1 Å². The molecule has 1 aliphatic carbocycles. The van der Waals surface area contributed by atoms with Gasteiger partial charge in [-0.2, -0.15) is 0 Å². The fourth-order valence-corrected chi connectivity index (χ4v) is 4.50. The van der Waals surface area contributed by atoms with Crippen LogP contribution in [0.15, 0.2) is 34.3 Å². The van der Waals surface area contributed by atoms with Crippen molar-refractivity contribution >= 4 is 15.5 Å². The molecule has 1 aromatic rings. The fraction of sp³-hybridized carbons (Fsp3) is 0.533. The van der Waals surface area contributed by atoms with Gasteiger partial charge in [-0.25, -0.2) is 8.42 Å². The zero-order valence-electron chi connectivity index (χ0n) is 11.7. The zero-order chi connectivity index (χ0) is 14.6. The molecule has 4 nitrogen and oxygen atoms in total. The summed E-state index contributed by atoms with van der Waals surface area (Å²) in [4.78, 5) is 0.315. The lowest BCUT2D eigenvalue weighted by atomic mass is 9.99. The molecule has 1 aromatic carbocycles. The second kappa shape index (κ2) is 6.39. The summed E-state index contributed by atoms with van der Waals surface area (Å²) >= 11 is 0. The van der Waals surface area contributed by atoms with Crippen molar-refractivity contribution in [1.82, 2.24) is 0 Å². The molecule has 110 valence electrons. The maximum Gasteiger partial charge on any atom is 0.186 e. The third-order valence-electron chi connectivity index (χ3n) is 3.87. The first-order valence-corrected chi connectivity index (χ1v) is 8.61. The van der Waals surface area contributed by atoms with Gasteiger partial charge in [0.2, 0.25) is 0 Å². The smallest absolute Gasteiger partial charge is 0.186 e. The van der Waals surface area contributed by atoms with E-state index in [0.717, 1.165) is 31.2 Å². The van der Waals surface area contributed by atoms with Crippen molar-refractivity contribution in [2.75, 3.05) is 0 Å². The van der Waals surface area contributed by atoms with Gasteiger partial charge in [0.15, 0.2) is 9.84 Å². The van der Waals surface area contributed by atoms with Crippen molar-refractivity contribution < 1.29 is 13.6 Å². The molecular formula is C15H21NO3S. The van der Waals surface area contributed by atoms with Crippen LogP contribution in [-0.2, 0) is 9.84 Å². The Kier molecular flexibility index (Phi) is 4.81. The molecule has 0 aromatic heterocycles. The monoisotopic (exact) mass is 295 g/mol. The average molecular weight is 295 g/mol. The minimum absolute atomic E-state index is 0.315. The number of benzene rings is 1. The summed E-state index contributed by atoms with van der Waals surface area (Å²) in [6.07, 6.45) is 4.95. The molecule has 1 aliphatic rings. The predicted octanol–water partition coefficient (Wildman–Crippen LogP) is 3.32. The van der Waals surface area contributed by atoms with E-state index >= 15 is 0 Å². The molecule has 1 N–H and O–H groups in total. The molecule has 0 amide bonds. The van der Waals surface area contributed by atoms with E-state index in [1.54, 1.807) is 24.3 Å². The average Bonchev–Trinajstić information content (AvgIpc) is 2.39. The number of sulfone groups is 1. The van der Waals surface area contributed by atoms with E-state index in [0.29, 0.717) is 23.4 Å². The maximum atomic E-state index is 12.7. The Balaban J connectivity index is 2.36. The summed E-state index contributed by atoms with van der Waals surface area (Å²) in [5.41, 5.74) is 1.43. The summed E-state index contributed by atoms with van der Waals surface area (Å²) in [6.45, 7) is 1.92. The Morgan fingerprint density at radius 2 is 1.75 bits per heavy atom. The second-order valence-electron chi connectivity index (χ2n) is 5.39. The van der Waals surface area contributed by atoms with E-state index in [4.69, 9.17) is 5.21 Å². The summed E-state index contributed by atoms with van der Waals surface area (Å²) in [5, 5.41) is 11.7. The molecule has 1 fully saturated rings. The first-order chi connectivity index (χ1) is 9.55. The minimum Gasteiger partial charge on any atom is -0.411 e. The van der Waals surface area contributed by atoms with Gasteiger partial charge in [-0.1, -0.05) is 42.1 Å². The van der Waals surface area contributed by atoms with Crippen LogP contribution in [0.5, 0.6) is 0 Å². The molecule has 0 bridgehead atoms. The fourth-order valence-electron chi connectivity index (χ4n) is 2.66. The molecule has 5 heteroatoms. The molecule has 0 heterocycles. The predicted molar refractivity (Wildman–Crippen MR) is 79.1 cm³/mol. The van der Waals surface area contributed by atoms with Crippen LogP contribution in [0.25, 0.3) is 0 Å². The van der Waals surface area contributed by atoms with E-state index in [-0.39, 0.29) is 0 Å². The summed E-state index contributed by atoms with van der Waals surface area (Å²) in [5.74, 6) is 0. The standard InChI is InChI=1S/C15H21NO3S/c1-12-8-10-13(11-9-12)20(18,19)15-7-5-3-2-4-6-14(15)16-17/h8-11,15,17H,2-7H2,1H3/b16-14-/t15-/m1/s1. The lowest BCUT2D eigenvalue weighted by Gasteiger charge is -2.21. The zero-order valence-corrected chi connectivity index (χ0v) is 12.6. The van der Waals surface area contributed by atoms with Gasteiger partial charge in [0, 0.05) is 0 Å². The quantitative estimate of drug-likeness (QED) is 0.672. The number of oxime groups is 1. The van der Waals surface area contributed by atoms with Crippen LogP contribution in [-0.4, -0.2) is 24.6 Å². The maximum absolute atomic E-state index is 12.7. The van der Waals surface area contributed by atoms with Crippen molar-refractivity contribution in [2.45, 2.75) is 55.6 Å². The van der Waals surface area contributed by atoms with Gasteiger partial charge < -0.3 is 5.21 Å². The van der Waals surface area contributed by atoms with Crippen molar-refractivity contribution in [3.8, 4) is 0 Å². The highest BCUT2D eigenvalue weighted by Crippen LogP contribution is 2.26. The normalized spacial score (nSPS) is 23.2. The number of hydrogen-bond acceptors (Lipinski definition) is 4. The highest BCUT2D eigenvalue weighted by molar-refractivity contribution is 7.92.